The number of nitrogens with zero attached hydrogens (tertiary/aromatic N) is 2. The third kappa shape index (κ3) is 5.61. The van der Waals surface area contributed by atoms with Crippen LogP contribution in [0.15, 0.2) is 66.7 Å². The van der Waals surface area contributed by atoms with Crippen LogP contribution in [0.2, 0.25) is 5.02 Å². The zero-order valence-electron chi connectivity index (χ0n) is 18.1. The number of nitrogens with one attached hydrogen (secondary N) is 1. The van der Waals surface area contributed by atoms with Gasteiger partial charge in [0.25, 0.3) is 0 Å². The van der Waals surface area contributed by atoms with Gasteiger partial charge in [0, 0.05) is 31.2 Å². The van der Waals surface area contributed by atoms with Gasteiger partial charge in [-0.25, -0.2) is 8.78 Å². The van der Waals surface area contributed by atoms with Crippen LogP contribution in [-0.2, 0) is 0 Å². The lowest BCUT2D eigenvalue weighted by Crippen LogP contribution is -2.51. The zero-order valence-corrected chi connectivity index (χ0v) is 19.7. The number of benzene rings is 3. The molecule has 3 aromatic rings. The molecule has 0 radical (unpaired) electrons. The highest BCUT2D eigenvalue weighted by molar-refractivity contribution is 7.80. The summed E-state index contributed by atoms with van der Waals surface area (Å²) in [6.07, 6.45) is 0. The van der Waals surface area contributed by atoms with Gasteiger partial charge < -0.3 is 15.0 Å². The van der Waals surface area contributed by atoms with Crippen molar-refractivity contribution in [2.75, 3.05) is 38.6 Å². The van der Waals surface area contributed by atoms with Gasteiger partial charge in [0.2, 0.25) is 0 Å². The maximum atomic E-state index is 13.5. The van der Waals surface area contributed by atoms with Crippen molar-refractivity contribution in [1.29, 1.82) is 0 Å². The number of ether oxygens (including phenoxy) is 1. The first-order valence-corrected chi connectivity index (χ1v) is 11.4. The Bertz CT molecular complexity index is 1060. The number of hydrogen-bond acceptors (Lipinski definition) is 3. The maximum absolute atomic E-state index is 13.5. The van der Waals surface area contributed by atoms with Crippen LogP contribution >= 0.6 is 23.8 Å². The molecule has 0 spiro atoms. The molecular weight excluding hydrogens is 464 g/mol. The lowest BCUT2D eigenvalue weighted by Gasteiger charge is -2.40. The van der Waals surface area contributed by atoms with Gasteiger partial charge in [-0.15, -0.1) is 0 Å². The molecule has 0 unspecified atom stereocenters. The van der Waals surface area contributed by atoms with E-state index >= 15 is 0 Å². The van der Waals surface area contributed by atoms with Crippen molar-refractivity contribution in [2.24, 2.45) is 0 Å². The number of piperazine rings is 1. The van der Waals surface area contributed by atoms with Crippen molar-refractivity contribution < 1.29 is 13.5 Å². The van der Waals surface area contributed by atoms with Crippen LogP contribution in [0.3, 0.4) is 0 Å². The molecule has 1 N–H and O–H groups in total. The van der Waals surface area contributed by atoms with E-state index in [1.165, 1.54) is 24.3 Å². The molecule has 0 atom stereocenters. The Labute approximate surface area is 202 Å². The SMILES string of the molecule is COc1ccc(Cl)cc1NC(=S)N1CCN(C(c2ccc(F)cc2)c2ccc(F)cc2)CC1. The normalized spacial score (nSPS) is 14.4. The third-order valence-corrected chi connectivity index (χ3v) is 6.34. The second-order valence-electron chi connectivity index (χ2n) is 7.80. The summed E-state index contributed by atoms with van der Waals surface area (Å²) in [6, 6.07) is 18.2. The average Bonchev–Trinajstić information content (AvgIpc) is 2.82. The van der Waals surface area contributed by atoms with Crippen molar-refractivity contribution in [3.63, 3.8) is 0 Å². The summed E-state index contributed by atoms with van der Waals surface area (Å²) in [4.78, 5) is 4.40. The standard InChI is InChI=1S/C25H24ClF2N3OS/c1-32-23-11-6-19(26)16-22(23)29-25(33)31-14-12-30(13-15-31)24(17-2-7-20(27)8-3-17)18-4-9-21(28)10-5-18/h2-11,16,24H,12-15H2,1H3,(H,29,33). The Kier molecular flexibility index (Phi) is 7.42. The molecular formula is C25H24ClF2N3OS. The first kappa shape index (κ1) is 23.4. The summed E-state index contributed by atoms with van der Waals surface area (Å²) in [7, 11) is 1.60. The van der Waals surface area contributed by atoms with E-state index in [9.17, 15) is 8.78 Å². The molecule has 172 valence electrons. The van der Waals surface area contributed by atoms with Gasteiger partial charge in [-0.2, -0.15) is 0 Å². The van der Waals surface area contributed by atoms with Crippen LogP contribution in [0.4, 0.5) is 14.5 Å². The third-order valence-electron chi connectivity index (χ3n) is 5.74. The van der Waals surface area contributed by atoms with E-state index < -0.39 is 0 Å². The molecule has 4 nitrogen and oxygen atoms in total. The number of hydrogen-bond donors (Lipinski definition) is 1. The highest BCUT2D eigenvalue weighted by Gasteiger charge is 2.27. The average molecular weight is 488 g/mol. The van der Waals surface area contributed by atoms with E-state index in [2.05, 4.69) is 15.1 Å². The van der Waals surface area contributed by atoms with E-state index in [1.54, 1.807) is 49.6 Å². The lowest BCUT2D eigenvalue weighted by molar-refractivity contribution is 0.151. The van der Waals surface area contributed by atoms with E-state index in [0.29, 0.717) is 34.7 Å². The largest absolute Gasteiger partial charge is 0.495 e. The van der Waals surface area contributed by atoms with Crippen molar-refractivity contribution in [3.05, 3.63) is 94.5 Å². The van der Waals surface area contributed by atoms with Gasteiger partial charge in [-0.05, 0) is 65.8 Å². The van der Waals surface area contributed by atoms with E-state index in [4.69, 9.17) is 28.6 Å². The summed E-state index contributed by atoms with van der Waals surface area (Å²) < 4.78 is 32.5. The van der Waals surface area contributed by atoms with Gasteiger partial charge in [0.1, 0.15) is 17.4 Å². The zero-order chi connectivity index (χ0) is 23.4. The second kappa shape index (κ2) is 10.5. The van der Waals surface area contributed by atoms with E-state index in [1.807, 2.05) is 0 Å². The molecule has 0 saturated carbocycles. The first-order valence-electron chi connectivity index (χ1n) is 10.6. The monoisotopic (exact) mass is 487 g/mol. The fourth-order valence-corrected chi connectivity index (χ4v) is 4.52. The molecule has 1 fully saturated rings. The molecule has 1 aliphatic heterocycles. The van der Waals surface area contributed by atoms with Gasteiger partial charge in [-0.1, -0.05) is 35.9 Å². The number of halogens is 3. The second-order valence-corrected chi connectivity index (χ2v) is 8.63. The molecule has 0 aliphatic carbocycles. The Balaban J connectivity index is 1.48. The number of rotatable bonds is 5. The molecule has 3 aromatic carbocycles. The predicted octanol–water partition coefficient (Wildman–Crippen LogP) is 5.73. The number of thiocarbonyl (C=S) groups is 1. The van der Waals surface area contributed by atoms with E-state index in [0.717, 1.165) is 24.2 Å². The molecule has 1 aliphatic rings. The fraction of sp³-hybridized carbons (Fsp3) is 0.240. The van der Waals surface area contributed by atoms with Gasteiger partial charge in [0.15, 0.2) is 5.11 Å². The Morgan fingerprint density at radius 3 is 1.97 bits per heavy atom. The van der Waals surface area contributed by atoms with Crippen molar-refractivity contribution in [1.82, 2.24) is 9.80 Å². The van der Waals surface area contributed by atoms with Gasteiger partial charge >= 0.3 is 0 Å². The van der Waals surface area contributed by atoms with Gasteiger partial charge in [-0.3, -0.25) is 4.90 Å². The molecule has 33 heavy (non-hydrogen) atoms. The molecule has 4 rings (SSSR count). The van der Waals surface area contributed by atoms with Crippen LogP contribution in [0.25, 0.3) is 0 Å². The van der Waals surface area contributed by atoms with Crippen molar-refractivity contribution in [3.8, 4) is 5.75 Å². The lowest BCUT2D eigenvalue weighted by atomic mass is 9.96. The van der Waals surface area contributed by atoms with Crippen LogP contribution < -0.4 is 10.1 Å². The minimum atomic E-state index is -0.283. The van der Waals surface area contributed by atoms with Crippen molar-refractivity contribution >= 4 is 34.6 Å². The van der Waals surface area contributed by atoms with E-state index in [-0.39, 0.29) is 17.7 Å². The topological polar surface area (TPSA) is 27.7 Å². The summed E-state index contributed by atoms with van der Waals surface area (Å²) in [6.45, 7) is 2.86. The molecule has 0 aromatic heterocycles. The Morgan fingerprint density at radius 2 is 1.45 bits per heavy atom. The summed E-state index contributed by atoms with van der Waals surface area (Å²) in [5, 5.41) is 4.42. The summed E-state index contributed by atoms with van der Waals surface area (Å²) in [5.41, 5.74) is 2.63. The Morgan fingerprint density at radius 1 is 0.909 bits per heavy atom. The van der Waals surface area contributed by atoms with Crippen LogP contribution in [-0.4, -0.2) is 48.2 Å². The number of anilines is 1. The van der Waals surface area contributed by atoms with Crippen molar-refractivity contribution in [2.45, 2.75) is 6.04 Å². The highest BCUT2D eigenvalue weighted by Crippen LogP contribution is 2.31. The molecule has 1 heterocycles. The minimum absolute atomic E-state index is 0.108. The van der Waals surface area contributed by atoms with Gasteiger partial charge in [0.05, 0.1) is 18.8 Å². The predicted molar refractivity (Wildman–Crippen MR) is 132 cm³/mol. The summed E-state index contributed by atoms with van der Waals surface area (Å²) >= 11 is 11.8. The van der Waals surface area contributed by atoms with Crippen LogP contribution in [0.5, 0.6) is 5.75 Å². The molecule has 8 heteroatoms. The van der Waals surface area contributed by atoms with Crippen LogP contribution in [0, 0.1) is 11.6 Å². The summed E-state index contributed by atoms with van der Waals surface area (Å²) in [5.74, 6) is 0.0941. The fourth-order valence-electron chi connectivity index (χ4n) is 4.06. The molecule has 0 bridgehead atoms. The quantitative estimate of drug-likeness (QED) is 0.464. The smallest absolute Gasteiger partial charge is 0.173 e. The Hall–Kier alpha value is -2.74. The highest BCUT2D eigenvalue weighted by atomic mass is 35.5. The minimum Gasteiger partial charge on any atom is -0.495 e. The first-order chi connectivity index (χ1) is 15.9. The molecule has 0 amide bonds. The van der Waals surface area contributed by atoms with Crippen LogP contribution in [0.1, 0.15) is 17.2 Å². The number of methoxy groups -OCH3 is 1. The maximum Gasteiger partial charge on any atom is 0.173 e. The molecule has 1 saturated heterocycles.